The van der Waals surface area contributed by atoms with Crippen molar-refractivity contribution in [3.8, 4) is 0 Å². The summed E-state index contributed by atoms with van der Waals surface area (Å²) in [5.41, 5.74) is -0.402. The lowest BCUT2D eigenvalue weighted by Gasteiger charge is -2.21. The third-order valence-electron chi connectivity index (χ3n) is 3.18. The molecule has 0 bridgehead atoms. The third-order valence-corrected chi connectivity index (χ3v) is 3.18. The van der Waals surface area contributed by atoms with E-state index in [2.05, 4.69) is 0 Å². The quantitative estimate of drug-likeness (QED) is 0.541. The average molecular weight is 274 g/mol. The van der Waals surface area contributed by atoms with Gasteiger partial charge in [0.2, 0.25) is 23.1 Å². The maximum Gasteiger partial charge on any atom is 0.229 e. The fraction of sp³-hybridized carbons (Fsp3) is 0.143. The Morgan fingerprint density at radius 2 is 1.00 bits per heavy atom. The Hall–Kier alpha value is -2.76. The monoisotopic (exact) mass is 274 g/mol. The summed E-state index contributed by atoms with van der Waals surface area (Å²) in [6, 6.07) is 0. The van der Waals surface area contributed by atoms with Crippen LogP contribution in [-0.4, -0.2) is 33.3 Å². The zero-order valence-corrected chi connectivity index (χ0v) is 10.7. The number of hydrogen-bond acceptors (Lipinski definition) is 6. The lowest BCUT2D eigenvalue weighted by molar-refractivity contribution is -0.132. The largest absolute Gasteiger partial charge is 0.507 e. The molecular formula is C14H10O6. The van der Waals surface area contributed by atoms with Crippen LogP contribution < -0.4 is 0 Å². The number of Topliss-reactive ketones (excluding diaryl/α,β-unsaturated/α-hetero) is 2. The molecule has 2 aliphatic rings. The summed E-state index contributed by atoms with van der Waals surface area (Å²) in [6.07, 6.45) is 1.44. The van der Waals surface area contributed by atoms with Crippen molar-refractivity contribution in [3.63, 3.8) is 0 Å². The molecule has 0 unspecified atom stereocenters. The van der Waals surface area contributed by atoms with Crippen LogP contribution in [0.2, 0.25) is 0 Å². The number of carbonyl (C=O) groups is 4. The van der Waals surface area contributed by atoms with Crippen LogP contribution in [0, 0.1) is 0 Å². The Morgan fingerprint density at radius 1 is 0.700 bits per heavy atom. The van der Waals surface area contributed by atoms with Gasteiger partial charge in [0.25, 0.3) is 0 Å². The molecule has 0 saturated heterocycles. The molecule has 20 heavy (non-hydrogen) atoms. The first-order valence-electron chi connectivity index (χ1n) is 5.67. The maximum absolute atomic E-state index is 11.6. The van der Waals surface area contributed by atoms with E-state index in [-0.39, 0.29) is 22.3 Å². The predicted octanol–water partition coefficient (Wildman–Crippen LogP) is 0.807. The molecule has 0 spiro atoms. The first kappa shape index (κ1) is 13.7. The van der Waals surface area contributed by atoms with Crippen LogP contribution in [0.25, 0.3) is 0 Å². The summed E-state index contributed by atoms with van der Waals surface area (Å²) in [4.78, 5) is 45.9. The van der Waals surface area contributed by atoms with Crippen LogP contribution in [0.4, 0.5) is 0 Å². The van der Waals surface area contributed by atoms with Crippen molar-refractivity contribution >= 4 is 23.1 Å². The molecule has 0 saturated carbocycles. The first-order valence-corrected chi connectivity index (χ1v) is 5.67. The van der Waals surface area contributed by atoms with Crippen molar-refractivity contribution in [2.75, 3.05) is 0 Å². The minimum Gasteiger partial charge on any atom is -0.507 e. The molecule has 0 aromatic carbocycles. The molecule has 0 aliphatic heterocycles. The Kier molecular flexibility index (Phi) is 3.01. The third kappa shape index (κ3) is 1.82. The van der Waals surface area contributed by atoms with E-state index in [1.165, 1.54) is 13.8 Å². The van der Waals surface area contributed by atoms with E-state index in [9.17, 15) is 29.4 Å². The minimum absolute atomic E-state index is 0.0913. The lowest BCUT2D eigenvalue weighted by Crippen LogP contribution is -2.25. The highest BCUT2D eigenvalue weighted by molar-refractivity contribution is 6.50. The Labute approximate surface area is 113 Å². The van der Waals surface area contributed by atoms with E-state index >= 15 is 0 Å². The van der Waals surface area contributed by atoms with E-state index in [0.29, 0.717) is 0 Å². The van der Waals surface area contributed by atoms with Gasteiger partial charge in [-0.1, -0.05) is 0 Å². The van der Waals surface area contributed by atoms with Gasteiger partial charge < -0.3 is 10.2 Å². The van der Waals surface area contributed by atoms with Gasteiger partial charge in [0, 0.05) is 34.4 Å². The van der Waals surface area contributed by atoms with Crippen LogP contribution in [-0.2, 0) is 19.2 Å². The summed E-state index contributed by atoms with van der Waals surface area (Å²) in [6.45, 7) is 2.60. The molecule has 2 aliphatic carbocycles. The molecule has 102 valence electrons. The molecule has 0 radical (unpaired) electrons. The molecule has 0 fully saturated rings. The molecule has 0 heterocycles. The van der Waals surface area contributed by atoms with Gasteiger partial charge in [-0.05, 0) is 13.8 Å². The summed E-state index contributed by atoms with van der Waals surface area (Å²) in [7, 11) is 0. The van der Waals surface area contributed by atoms with Crippen LogP contribution in [0.1, 0.15) is 13.8 Å². The van der Waals surface area contributed by atoms with Crippen molar-refractivity contribution in [1.29, 1.82) is 0 Å². The van der Waals surface area contributed by atoms with Crippen molar-refractivity contribution in [3.05, 3.63) is 46.0 Å². The van der Waals surface area contributed by atoms with Crippen LogP contribution in [0.3, 0.4) is 0 Å². The van der Waals surface area contributed by atoms with Gasteiger partial charge in [-0.25, -0.2) is 0 Å². The zero-order valence-electron chi connectivity index (χ0n) is 10.7. The molecule has 0 aromatic rings. The summed E-state index contributed by atoms with van der Waals surface area (Å²) in [5.74, 6) is -4.50. The number of aliphatic hydroxyl groups excluding tert-OH is 2. The second kappa shape index (κ2) is 4.41. The van der Waals surface area contributed by atoms with Crippen LogP contribution >= 0.6 is 0 Å². The Balaban J connectivity index is 2.73. The van der Waals surface area contributed by atoms with Gasteiger partial charge in [-0.15, -0.1) is 0 Å². The van der Waals surface area contributed by atoms with Gasteiger partial charge in [-0.2, -0.15) is 0 Å². The number of hydrogen-bond donors (Lipinski definition) is 2. The average Bonchev–Trinajstić information content (AvgIpc) is 2.37. The number of rotatable bonds is 1. The molecule has 2 rings (SSSR count). The van der Waals surface area contributed by atoms with Crippen molar-refractivity contribution in [1.82, 2.24) is 0 Å². The fourth-order valence-corrected chi connectivity index (χ4v) is 2.14. The van der Waals surface area contributed by atoms with Crippen molar-refractivity contribution in [2.45, 2.75) is 13.8 Å². The number of aliphatic hydroxyl groups is 2. The smallest absolute Gasteiger partial charge is 0.229 e. The van der Waals surface area contributed by atoms with E-state index in [1.54, 1.807) is 0 Å². The SMILES string of the molecule is CC1=C(C2=C(C)C(=O)C(=O)C=C2O)C(O)=CC(=O)C1=O. The Morgan fingerprint density at radius 3 is 1.30 bits per heavy atom. The van der Waals surface area contributed by atoms with Gasteiger partial charge in [-0.3, -0.25) is 19.2 Å². The molecular weight excluding hydrogens is 264 g/mol. The second-order valence-corrected chi connectivity index (χ2v) is 4.45. The number of ketones is 4. The highest BCUT2D eigenvalue weighted by Gasteiger charge is 2.34. The van der Waals surface area contributed by atoms with E-state index in [1.807, 2.05) is 0 Å². The normalized spacial score (nSPS) is 20.5. The predicted molar refractivity (Wildman–Crippen MR) is 66.9 cm³/mol. The minimum atomic E-state index is -0.885. The Bertz CT molecular complexity index is 650. The molecule has 6 heteroatoms. The first-order chi connectivity index (χ1) is 9.25. The number of carbonyl (C=O) groups excluding carboxylic acids is 4. The highest BCUT2D eigenvalue weighted by atomic mass is 16.3. The van der Waals surface area contributed by atoms with Crippen LogP contribution in [0.15, 0.2) is 46.0 Å². The number of allylic oxidation sites excluding steroid dienone is 6. The molecule has 0 aromatic heterocycles. The zero-order chi connectivity index (χ0) is 15.2. The standard InChI is InChI=1S/C14H10O6/c1-5-11(7(15)3-9(17)13(5)19)12-6(2)14(20)10(18)4-8(12)16/h3-4,15-16H,1-2H3. The van der Waals surface area contributed by atoms with Gasteiger partial charge in [0.05, 0.1) is 0 Å². The fourth-order valence-electron chi connectivity index (χ4n) is 2.14. The van der Waals surface area contributed by atoms with E-state index in [0.717, 1.165) is 12.2 Å². The molecule has 2 N–H and O–H groups in total. The summed E-state index contributed by atoms with van der Waals surface area (Å²) < 4.78 is 0. The van der Waals surface area contributed by atoms with E-state index in [4.69, 9.17) is 0 Å². The van der Waals surface area contributed by atoms with Gasteiger partial charge >= 0.3 is 0 Å². The summed E-state index contributed by atoms with van der Waals surface area (Å²) >= 11 is 0. The lowest BCUT2D eigenvalue weighted by atomic mass is 9.83. The van der Waals surface area contributed by atoms with Crippen LogP contribution in [0.5, 0.6) is 0 Å². The highest BCUT2D eigenvalue weighted by Crippen LogP contribution is 2.34. The topological polar surface area (TPSA) is 109 Å². The van der Waals surface area contributed by atoms with Crippen molar-refractivity contribution < 1.29 is 29.4 Å². The van der Waals surface area contributed by atoms with Gasteiger partial charge in [0.15, 0.2) is 0 Å². The molecule has 6 nitrogen and oxygen atoms in total. The van der Waals surface area contributed by atoms with E-state index < -0.39 is 34.7 Å². The van der Waals surface area contributed by atoms with Crippen molar-refractivity contribution in [2.24, 2.45) is 0 Å². The van der Waals surface area contributed by atoms with Gasteiger partial charge in [0.1, 0.15) is 11.5 Å². The second-order valence-electron chi connectivity index (χ2n) is 4.45. The molecule has 0 atom stereocenters. The molecule has 0 amide bonds. The maximum atomic E-state index is 11.6. The summed E-state index contributed by atoms with van der Waals surface area (Å²) in [5, 5.41) is 19.7.